The number of carbonyl (C=O) groups excluding carboxylic acids is 3. The third-order valence-corrected chi connectivity index (χ3v) is 6.19. The van der Waals surface area contributed by atoms with Crippen LogP contribution in [0.1, 0.15) is 49.1 Å². The zero-order valence-corrected chi connectivity index (χ0v) is 19.3. The van der Waals surface area contributed by atoms with Crippen molar-refractivity contribution in [3.8, 4) is 11.1 Å². The van der Waals surface area contributed by atoms with Gasteiger partial charge >= 0.3 is 12.1 Å². The van der Waals surface area contributed by atoms with Gasteiger partial charge in [0.05, 0.1) is 0 Å². The third-order valence-electron chi connectivity index (χ3n) is 6.19. The van der Waals surface area contributed by atoms with Crippen LogP contribution >= 0.6 is 0 Å². The minimum Gasteiger partial charge on any atom is -0.481 e. The van der Waals surface area contributed by atoms with Gasteiger partial charge in [-0.1, -0.05) is 48.5 Å². The van der Waals surface area contributed by atoms with E-state index in [0.717, 1.165) is 35.1 Å². The van der Waals surface area contributed by atoms with Crippen LogP contribution in [0.5, 0.6) is 0 Å². The fourth-order valence-electron chi connectivity index (χ4n) is 4.27. The molecule has 0 aromatic heterocycles. The zero-order chi connectivity index (χ0) is 24.8. The number of alkyl carbamates (subject to hydrolysis) is 1. The lowest BCUT2D eigenvalue weighted by Crippen LogP contribution is -2.48. The molecule has 0 aliphatic heterocycles. The fraction of sp³-hybridized carbons (Fsp3) is 0.385. The summed E-state index contributed by atoms with van der Waals surface area (Å²) in [6.07, 6.45) is 0.852. The highest BCUT2D eigenvalue weighted by atomic mass is 16.5. The second-order valence-corrected chi connectivity index (χ2v) is 8.84. The van der Waals surface area contributed by atoms with Crippen molar-refractivity contribution in [3.05, 3.63) is 59.7 Å². The topological polar surface area (TPSA) is 134 Å². The Morgan fingerprint density at radius 2 is 1.57 bits per heavy atom. The van der Waals surface area contributed by atoms with Crippen LogP contribution in [0.4, 0.5) is 4.79 Å². The molecule has 184 valence electrons. The van der Waals surface area contributed by atoms with Crippen molar-refractivity contribution < 1.29 is 29.0 Å². The lowest BCUT2D eigenvalue weighted by Gasteiger charge is -2.19. The number of hydrogen-bond acceptors (Lipinski definition) is 5. The molecule has 0 spiro atoms. The molecule has 0 saturated heterocycles. The van der Waals surface area contributed by atoms with E-state index in [9.17, 15) is 19.2 Å². The first-order chi connectivity index (χ1) is 16.9. The van der Waals surface area contributed by atoms with Crippen LogP contribution in [0, 0.1) is 0 Å². The van der Waals surface area contributed by atoms with Gasteiger partial charge < -0.3 is 25.8 Å². The lowest BCUT2D eigenvalue weighted by atomic mass is 9.98. The maximum absolute atomic E-state index is 12.6. The van der Waals surface area contributed by atoms with Crippen molar-refractivity contribution in [2.45, 2.75) is 50.1 Å². The molecule has 2 aliphatic carbocycles. The van der Waals surface area contributed by atoms with E-state index in [1.54, 1.807) is 0 Å². The number of carboxylic acid groups (broad SMARTS) is 1. The van der Waals surface area contributed by atoms with Crippen LogP contribution in [-0.2, 0) is 19.1 Å². The van der Waals surface area contributed by atoms with Gasteiger partial charge in [0.2, 0.25) is 11.8 Å². The highest BCUT2D eigenvalue weighted by molar-refractivity contribution is 5.87. The molecule has 9 heteroatoms. The summed E-state index contributed by atoms with van der Waals surface area (Å²) >= 11 is 0. The van der Waals surface area contributed by atoms with Crippen molar-refractivity contribution in [1.29, 1.82) is 0 Å². The van der Waals surface area contributed by atoms with Gasteiger partial charge in [0.1, 0.15) is 12.6 Å². The number of ether oxygens (including phenoxy) is 1. The molecule has 2 aliphatic rings. The van der Waals surface area contributed by atoms with Gasteiger partial charge in [0.25, 0.3) is 0 Å². The summed E-state index contributed by atoms with van der Waals surface area (Å²) in [5.74, 6) is -1.93. The summed E-state index contributed by atoms with van der Waals surface area (Å²) in [5.41, 5.74) is 4.32. The van der Waals surface area contributed by atoms with Crippen molar-refractivity contribution in [1.82, 2.24) is 16.0 Å². The third kappa shape index (κ3) is 6.38. The second-order valence-electron chi connectivity index (χ2n) is 8.84. The molecule has 0 bridgehead atoms. The Labute approximate surface area is 203 Å². The number of carbonyl (C=O) groups is 4. The van der Waals surface area contributed by atoms with E-state index in [-0.39, 0.29) is 50.3 Å². The largest absolute Gasteiger partial charge is 0.481 e. The molecule has 0 radical (unpaired) electrons. The van der Waals surface area contributed by atoms with Crippen molar-refractivity contribution in [2.24, 2.45) is 0 Å². The standard InChI is InChI=1S/C26H29N3O6/c30-23(28-16-9-10-16)13-14-27-25(33)22(11-12-24(31)32)29-26(34)35-15-21-19-7-3-1-5-17(19)18-6-2-4-8-20(18)21/h1-8,16,21-22H,9-15H2,(H,27,33)(H,28,30)(H,29,34)(H,31,32). The number of aliphatic carboxylic acids is 1. The predicted molar refractivity (Wildman–Crippen MR) is 128 cm³/mol. The summed E-state index contributed by atoms with van der Waals surface area (Å²) in [6.45, 7) is 0.168. The molecule has 1 unspecified atom stereocenters. The Balaban J connectivity index is 1.32. The average Bonchev–Trinajstić information content (AvgIpc) is 3.60. The summed E-state index contributed by atoms with van der Waals surface area (Å²) in [7, 11) is 0. The minimum atomic E-state index is -1.09. The van der Waals surface area contributed by atoms with E-state index in [4.69, 9.17) is 9.84 Å². The number of fused-ring (bicyclic) bond motifs is 3. The number of carboxylic acids is 1. The highest BCUT2D eigenvalue weighted by Gasteiger charge is 2.30. The van der Waals surface area contributed by atoms with Crippen molar-refractivity contribution in [3.63, 3.8) is 0 Å². The van der Waals surface area contributed by atoms with E-state index in [2.05, 4.69) is 16.0 Å². The molecule has 35 heavy (non-hydrogen) atoms. The molecule has 4 N–H and O–H groups in total. The first-order valence-corrected chi connectivity index (χ1v) is 11.8. The normalized spacial score (nSPS) is 14.9. The number of nitrogens with one attached hydrogen (secondary N) is 3. The highest BCUT2D eigenvalue weighted by Crippen LogP contribution is 2.44. The Kier molecular flexibility index (Phi) is 7.64. The van der Waals surface area contributed by atoms with Crippen LogP contribution < -0.4 is 16.0 Å². The maximum atomic E-state index is 12.6. The number of benzene rings is 2. The Morgan fingerprint density at radius 1 is 0.943 bits per heavy atom. The van der Waals surface area contributed by atoms with E-state index in [0.29, 0.717) is 0 Å². The van der Waals surface area contributed by atoms with Gasteiger partial charge in [-0.2, -0.15) is 0 Å². The fourth-order valence-corrected chi connectivity index (χ4v) is 4.27. The summed E-state index contributed by atoms with van der Waals surface area (Å²) < 4.78 is 5.48. The van der Waals surface area contributed by atoms with Crippen LogP contribution in [0.2, 0.25) is 0 Å². The zero-order valence-electron chi connectivity index (χ0n) is 19.3. The smallest absolute Gasteiger partial charge is 0.407 e. The van der Waals surface area contributed by atoms with Crippen LogP contribution in [0.3, 0.4) is 0 Å². The number of rotatable bonds is 11. The lowest BCUT2D eigenvalue weighted by molar-refractivity contribution is -0.137. The molecule has 3 amide bonds. The van der Waals surface area contributed by atoms with Gasteiger partial charge in [0, 0.05) is 31.3 Å². The first kappa shape index (κ1) is 24.3. The Morgan fingerprint density at radius 3 is 2.17 bits per heavy atom. The van der Waals surface area contributed by atoms with Gasteiger partial charge in [-0.15, -0.1) is 0 Å². The van der Waals surface area contributed by atoms with Gasteiger partial charge in [-0.05, 0) is 41.5 Å². The SMILES string of the molecule is O=C(O)CCC(NC(=O)OCC1c2ccccc2-c2ccccc21)C(=O)NCCC(=O)NC1CC1. The first-order valence-electron chi connectivity index (χ1n) is 11.8. The van der Waals surface area contributed by atoms with Crippen molar-refractivity contribution >= 4 is 23.9 Å². The quantitative estimate of drug-likeness (QED) is 0.391. The number of amides is 3. The molecule has 2 aromatic carbocycles. The molecular formula is C26H29N3O6. The van der Waals surface area contributed by atoms with Gasteiger partial charge in [-0.3, -0.25) is 14.4 Å². The maximum Gasteiger partial charge on any atom is 0.407 e. The Bertz CT molecular complexity index is 1070. The molecular weight excluding hydrogens is 450 g/mol. The minimum absolute atomic E-state index is 0.0778. The molecule has 9 nitrogen and oxygen atoms in total. The molecule has 1 atom stereocenters. The second kappa shape index (κ2) is 11.0. The van der Waals surface area contributed by atoms with Crippen molar-refractivity contribution in [2.75, 3.05) is 13.2 Å². The Hall–Kier alpha value is -3.88. The summed E-state index contributed by atoms with van der Waals surface area (Å²) in [5, 5.41) is 16.9. The predicted octanol–water partition coefficient (Wildman–Crippen LogP) is 2.54. The molecule has 2 aromatic rings. The van der Waals surface area contributed by atoms with Crippen LogP contribution in [0.25, 0.3) is 11.1 Å². The van der Waals surface area contributed by atoms with Gasteiger partial charge in [-0.25, -0.2) is 4.79 Å². The van der Waals surface area contributed by atoms with E-state index in [1.165, 1.54) is 0 Å². The van der Waals surface area contributed by atoms with Gasteiger partial charge in [0.15, 0.2) is 0 Å². The molecule has 1 fully saturated rings. The average molecular weight is 480 g/mol. The van der Waals surface area contributed by atoms with Crippen LogP contribution in [-0.4, -0.2) is 54.2 Å². The van der Waals surface area contributed by atoms with E-state index in [1.807, 2.05) is 48.5 Å². The molecule has 1 saturated carbocycles. The molecule has 0 heterocycles. The summed E-state index contributed by atoms with van der Waals surface area (Å²) in [4.78, 5) is 48.0. The van der Waals surface area contributed by atoms with E-state index >= 15 is 0 Å². The van der Waals surface area contributed by atoms with E-state index < -0.39 is 24.0 Å². The van der Waals surface area contributed by atoms with Crippen LogP contribution in [0.15, 0.2) is 48.5 Å². The summed E-state index contributed by atoms with van der Waals surface area (Å²) in [6, 6.07) is 15.0. The number of hydrogen-bond donors (Lipinski definition) is 4. The monoisotopic (exact) mass is 479 g/mol. The molecule has 4 rings (SSSR count).